The topological polar surface area (TPSA) is 36.4 Å². The van der Waals surface area contributed by atoms with Crippen LogP contribution in [0.4, 0.5) is 0 Å². The first-order valence-electron chi connectivity index (χ1n) is 8.68. The van der Waals surface area contributed by atoms with E-state index in [2.05, 4.69) is 18.7 Å². The molecular weight excluding hydrogens is 332 g/mol. The van der Waals surface area contributed by atoms with E-state index < -0.39 is 6.10 Å². The minimum atomic E-state index is -0.575. The SMILES string of the molecule is CCN(CC)CC(O)c1cc(-c2ccccc2)nc2cc(Cl)ccc12. The van der Waals surface area contributed by atoms with Gasteiger partial charge in [-0.3, -0.25) is 0 Å². The quantitative estimate of drug-likeness (QED) is 0.681. The van der Waals surface area contributed by atoms with Crippen LogP contribution in [0, 0.1) is 0 Å². The zero-order valence-electron chi connectivity index (χ0n) is 14.6. The number of fused-ring (bicyclic) bond motifs is 1. The van der Waals surface area contributed by atoms with Crippen LogP contribution < -0.4 is 0 Å². The normalized spacial score (nSPS) is 12.7. The van der Waals surface area contributed by atoms with Crippen molar-refractivity contribution < 1.29 is 5.11 Å². The van der Waals surface area contributed by atoms with Crippen molar-refractivity contribution in [2.75, 3.05) is 19.6 Å². The first-order chi connectivity index (χ1) is 12.1. The molecule has 25 heavy (non-hydrogen) atoms. The van der Waals surface area contributed by atoms with Gasteiger partial charge in [-0.15, -0.1) is 0 Å². The highest BCUT2D eigenvalue weighted by atomic mass is 35.5. The molecule has 0 fully saturated rings. The van der Waals surface area contributed by atoms with Gasteiger partial charge in [0.1, 0.15) is 0 Å². The summed E-state index contributed by atoms with van der Waals surface area (Å²) in [5.41, 5.74) is 3.58. The second-order valence-electron chi connectivity index (χ2n) is 6.13. The number of rotatable bonds is 6. The van der Waals surface area contributed by atoms with Gasteiger partial charge < -0.3 is 10.0 Å². The number of likely N-dealkylation sites (N-methyl/N-ethyl adjacent to an activating group) is 1. The number of halogens is 1. The highest BCUT2D eigenvalue weighted by Crippen LogP contribution is 2.30. The van der Waals surface area contributed by atoms with Crippen molar-refractivity contribution in [2.24, 2.45) is 0 Å². The van der Waals surface area contributed by atoms with E-state index in [1.165, 1.54) is 0 Å². The molecular formula is C21H23ClN2O. The second kappa shape index (κ2) is 7.96. The van der Waals surface area contributed by atoms with E-state index in [4.69, 9.17) is 16.6 Å². The van der Waals surface area contributed by atoms with Crippen LogP contribution in [0.1, 0.15) is 25.5 Å². The number of hydrogen-bond donors (Lipinski definition) is 1. The van der Waals surface area contributed by atoms with Crippen LogP contribution in [-0.4, -0.2) is 34.6 Å². The first kappa shape index (κ1) is 17.9. The number of benzene rings is 2. The molecule has 3 aromatic rings. The maximum absolute atomic E-state index is 10.9. The van der Waals surface area contributed by atoms with Gasteiger partial charge in [0.15, 0.2) is 0 Å². The monoisotopic (exact) mass is 354 g/mol. The Morgan fingerprint density at radius 1 is 1.04 bits per heavy atom. The van der Waals surface area contributed by atoms with E-state index in [0.717, 1.165) is 40.8 Å². The second-order valence-corrected chi connectivity index (χ2v) is 6.56. The molecule has 1 N–H and O–H groups in total. The minimum absolute atomic E-state index is 0.575. The minimum Gasteiger partial charge on any atom is -0.387 e. The van der Waals surface area contributed by atoms with E-state index in [-0.39, 0.29) is 0 Å². The Bertz CT molecular complexity index is 847. The number of aromatic nitrogens is 1. The fourth-order valence-electron chi connectivity index (χ4n) is 3.09. The summed E-state index contributed by atoms with van der Waals surface area (Å²) in [7, 11) is 0. The molecule has 1 heterocycles. The summed E-state index contributed by atoms with van der Waals surface area (Å²) in [4.78, 5) is 6.98. The average Bonchev–Trinajstić information content (AvgIpc) is 2.65. The number of pyridine rings is 1. The van der Waals surface area contributed by atoms with Crippen LogP contribution in [0.15, 0.2) is 54.6 Å². The third-order valence-electron chi connectivity index (χ3n) is 4.56. The predicted octanol–water partition coefficient (Wildman–Crippen LogP) is 4.93. The van der Waals surface area contributed by atoms with Crippen LogP contribution in [0.25, 0.3) is 22.2 Å². The molecule has 0 saturated carbocycles. The highest BCUT2D eigenvalue weighted by Gasteiger charge is 2.17. The Kier molecular flexibility index (Phi) is 5.69. The third kappa shape index (κ3) is 4.01. The number of aliphatic hydroxyl groups is 1. The summed E-state index contributed by atoms with van der Waals surface area (Å²) in [6.07, 6.45) is -0.575. The summed E-state index contributed by atoms with van der Waals surface area (Å²) >= 11 is 6.17. The van der Waals surface area contributed by atoms with Crippen LogP contribution in [0.5, 0.6) is 0 Å². The Balaban J connectivity index is 2.12. The molecule has 2 aromatic carbocycles. The van der Waals surface area contributed by atoms with Crippen molar-refractivity contribution in [3.63, 3.8) is 0 Å². The molecule has 1 unspecified atom stereocenters. The number of nitrogens with zero attached hydrogens (tertiary/aromatic N) is 2. The van der Waals surface area contributed by atoms with Crippen LogP contribution >= 0.6 is 11.6 Å². The number of aliphatic hydroxyl groups excluding tert-OH is 1. The van der Waals surface area contributed by atoms with E-state index in [1.54, 1.807) is 0 Å². The molecule has 0 amide bonds. The summed E-state index contributed by atoms with van der Waals surface area (Å²) in [6, 6.07) is 17.7. The standard InChI is InChI=1S/C21H23ClN2O/c1-3-24(4-2)14-21(25)18-13-19(15-8-6-5-7-9-15)23-20-12-16(22)10-11-17(18)20/h5-13,21,25H,3-4,14H2,1-2H3. The van der Waals surface area contributed by atoms with Gasteiger partial charge >= 0.3 is 0 Å². The highest BCUT2D eigenvalue weighted by molar-refractivity contribution is 6.31. The molecule has 3 rings (SSSR count). The van der Waals surface area contributed by atoms with E-state index >= 15 is 0 Å². The van der Waals surface area contributed by atoms with Gasteiger partial charge in [-0.1, -0.05) is 61.8 Å². The lowest BCUT2D eigenvalue weighted by Crippen LogP contribution is -2.28. The van der Waals surface area contributed by atoms with Gasteiger partial charge in [0.2, 0.25) is 0 Å². The Morgan fingerprint density at radius 3 is 2.44 bits per heavy atom. The zero-order chi connectivity index (χ0) is 17.8. The first-order valence-corrected chi connectivity index (χ1v) is 9.06. The summed E-state index contributed by atoms with van der Waals surface area (Å²) < 4.78 is 0. The Labute approximate surface area is 153 Å². The zero-order valence-corrected chi connectivity index (χ0v) is 15.4. The lowest BCUT2D eigenvalue weighted by molar-refractivity contribution is 0.120. The lowest BCUT2D eigenvalue weighted by Gasteiger charge is -2.23. The van der Waals surface area contributed by atoms with Crippen molar-refractivity contribution >= 4 is 22.5 Å². The molecule has 0 aliphatic heterocycles. The molecule has 0 spiro atoms. The molecule has 4 heteroatoms. The van der Waals surface area contributed by atoms with E-state index in [1.807, 2.05) is 54.6 Å². The van der Waals surface area contributed by atoms with Crippen molar-refractivity contribution in [3.05, 3.63) is 65.2 Å². The molecule has 130 valence electrons. The third-order valence-corrected chi connectivity index (χ3v) is 4.79. The van der Waals surface area contributed by atoms with Gasteiger partial charge in [-0.2, -0.15) is 0 Å². The lowest BCUT2D eigenvalue weighted by atomic mass is 10.00. The molecule has 0 radical (unpaired) electrons. The van der Waals surface area contributed by atoms with Gasteiger partial charge in [0.25, 0.3) is 0 Å². The largest absolute Gasteiger partial charge is 0.387 e. The van der Waals surface area contributed by atoms with Gasteiger partial charge in [-0.25, -0.2) is 4.98 Å². The van der Waals surface area contributed by atoms with Crippen LogP contribution in [0.3, 0.4) is 0 Å². The van der Waals surface area contributed by atoms with Crippen molar-refractivity contribution in [3.8, 4) is 11.3 Å². The molecule has 3 nitrogen and oxygen atoms in total. The molecule has 1 atom stereocenters. The smallest absolute Gasteiger partial charge is 0.0924 e. The van der Waals surface area contributed by atoms with Crippen molar-refractivity contribution in [1.29, 1.82) is 0 Å². The fraction of sp³-hybridized carbons (Fsp3) is 0.286. The Morgan fingerprint density at radius 2 is 1.76 bits per heavy atom. The van der Waals surface area contributed by atoms with Gasteiger partial charge in [-0.05, 0) is 36.9 Å². The summed E-state index contributed by atoms with van der Waals surface area (Å²) in [6.45, 7) is 6.64. The molecule has 0 bridgehead atoms. The summed E-state index contributed by atoms with van der Waals surface area (Å²) in [5.74, 6) is 0. The van der Waals surface area contributed by atoms with Crippen molar-refractivity contribution in [2.45, 2.75) is 20.0 Å². The maximum atomic E-state index is 10.9. The van der Waals surface area contributed by atoms with Crippen molar-refractivity contribution in [1.82, 2.24) is 9.88 Å². The Hall–Kier alpha value is -1.94. The van der Waals surface area contributed by atoms with Crippen LogP contribution in [0.2, 0.25) is 5.02 Å². The predicted molar refractivity (Wildman–Crippen MR) is 105 cm³/mol. The molecule has 0 aliphatic carbocycles. The fourth-order valence-corrected chi connectivity index (χ4v) is 3.25. The molecule has 1 aromatic heterocycles. The van der Waals surface area contributed by atoms with Gasteiger partial charge in [0.05, 0.1) is 17.3 Å². The average molecular weight is 355 g/mol. The molecule has 0 aliphatic rings. The summed E-state index contributed by atoms with van der Waals surface area (Å²) in [5, 5.41) is 12.5. The van der Waals surface area contributed by atoms with E-state index in [0.29, 0.717) is 11.6 Å². The van der Waals surface area contributed by atoms with Gasteiger partial charge in [0, 0.05) is 22.5 Å². The van der Waals surface area contributed by atoms with Crippen LogP contribution in [-0.2, 0) is 0 Å². The molecule has 0 saturated heterocycles. The maximum Gasteiger partial charge on any atom is 0.0924 e. The van der Waals surface area contributed by atoms with E-state index in [9.17, 15) is 5.11 Å². The number of hydrogen-bond acceptors (Lipinski definition) is 3.